The van der Waals surface area contributed by atoms with Crippen molar-refractivity contribution >= 4 is 5.91 Å². The molecule has 1 amide bonds. The molecule has 2 N–H and O–H groups in total. The molecule has 1 fully saturated rings. The van der Waals surface area contributed by atoms with Gasteiger partial charge in [-0.15, -0.1) is 0 Å². The highest BCUT2D eigenvalue weighted by atomic mass is 16.5. The highest BCUT2D eigenvalue weighted by Crippen LogP contribution is 2.23. The highest BCUT2D eigenvalue weighted by molar-refractivity contribution is 5.94. The van der Waals surface area contributed by atoms with Gasteiger partial charge < -0.3 is 19.8 Å². The van der Waals surface area contributed by atoms with Crippen LogP contribution < -0.4 is 4.74 Å². The fraction of sp³-hybridized carbons (Fsp3) is 0.263. The molecular weight excluding hydrogens is 320 g/mol. The van der Waals surface area contributed by atoms with Gasteiger partial charge in [-0.2, -0.15) is 5.26 Å². The van der Waals surface area contributed by atoms with Gasteiger partial charge in [-0.05, 0) is 42.0 Å². The van der Waals surface area contributed by atoms with E-state index < -0.39 is 12.2 Å². The molecule has 6 heteroatoms. The summed E-state index contributed by atoms with van der Waals surface area (Å²) in [5.41, 5.74) is 1.39. The number of benzene rings is 2. The summed E-state index contributed by atoms with van der Waals surface area (Å²) in [7, 11) is 0. The third kappa shape index (κ3) is 3.97. The molecule has 0 bridgehead atoms. The molecule has 25 heavy (non-hydrogen) atoms. The lowest BCUT2D eigenvalue weighted by atomic mass is 10.1. The van der Waals surface area contributed by atoms with Crippen molar-refractivity contribution < 1.29 is 19.7 Å². The van der Waals surface area contributed by atoms with Crippen molar-refractivity contribution in [1.29, 1.82) is 5.26 Å². The summed E-state index contributed by atoms with van der Waals surface area (Å²) >= 11 is 0. The molecule has 1 saturated heterocycles. The molecular formula is C19H18N2O4. The van der Waals surface area contributed by atoms with Crippen LogP contribution in [0.5, 0.6) is 11.5 Å². The summed E-state index contributed by atoms with van der Waals surface area (Å²) in [5, 5.41) is 27.7. The Hall–Kier alpha value is -2.88. The summed E-state index contributed by atoms with van der Waals surface area (Å²) in [4.78, 5) is 13.8. The number of hydrogen-bond donors (Lipinski definition) is 2. The summed E-state index contributed by atoms with van der Waals surface area (Å²) in [6.07, 6.45) is -1.43. The average molecular weight is 338 g/mol. The van der Waals surface area contributed by atoms with Gasteiger partial charge in [-0.3, -0.25) is 4.79 Å². The Morgan fingerprint density at radius 3 is 2.08 bits per heavy atom. The van der Waals surface area contributed by atoms with E-state index in [1.807, 2.05) is 12.1 Å². The first-order valence-corrected chi connectivity index (χ1v) is 7.96. The summed E-state index contributed by atoms with van der Waals surface area (Å²) in [6, 6.07) is 16.0. The molecule has 128 valence electrons. The Morgan fingerprint density at radius 2 is 1.56 bits per heavy atom. The lowest BCUT2D eigenvalue weighted by Gasteiger charge is -2.15. The predicted octanol–water partition coefficient (Wildman–Crippen LogP) is 1.72. The largest absolute Gasteiger partial charge is 0.457 e. The predicted molar refractivity (Wildman–Crippen MR) is 90.2 cm³/mol. The lowest BCUT2D eigenvalue weighted by molar-refractivity contribution is 0.0572. The van der Waals surface area contributed by atoms with Crippen LogP contribution in [0.3, 0.4) is 0 Å². The number of amides is 1. The van der Waals surface area contributed by atoms with E-state index in [0.717, 1.165) is 5.56 Å². The third-order valence-corrected chi connectivity index (χ3v) is 4.09. The molecule has 0 spiro atoms. The number of likely N-dealkylation sites (tertiary alicyclic amines) is 1. The number of hydrogen-bond acceptors (Lipinski definition) is 5. The SMILES string of the molecule is N#CCc1ccc(Oc2ccc(C(=O)N3C[C@H](O)[C@@H](O)C3)cc2)cc1. The second-order valence-corrected chi connectivity index (χ2v) is 5.95. The van der Waals surface area contributed by atoms with E-state index in [1.54, 1.807) is 36.4 Å². The van der Waals surface area contributed by atoms with E-state index in [1.165, 1.54) is 4.90 Å². The van der Waals surface area contributed by atoms with Gasteiger partial charge in [0.2, 0.25) is 0 Å². The number of β-amino-alcohol motifs (C(OH)–C–C–N with tert-alkyl or cyclic N) is 2. The zero-order valence-corrected chi connectivity index (χ0v) is 13.5. The minimum atomic E-state index is -0.893. The molecule has 0 aromatic heterocycles. The average Bonchev–Trinajstić information content (AvgIpc) is 2.96. The van der Waals surface area contributed by atoms with Crippen LogP contribution in [-0.4, -0.2) is 46.3 Å². The van der Waals surface area contributed by atoms with Gasteiger partial charge in [0.15, 0.2) is 0 Å². The zero-order chi connectivity index (χ0) is 17.8. The van der Waals surface area contributed by atoms with E-state index in [9.17, 15) is 15.0 Å². The van der Waals surface area contributed by atoms with E-state index >= 15 is 0 Å². The van der Waals surface area contributed by atoms with Gasteiger partial charge in [0.1, 0.15) is 11.5 Å². The highest BCUT2D eigenvalue weighted by Gasteiger charge is 2.32. The van der Waals surface area contributed by atoms with Crippen LogP contribution in [0.25, 0.3) is 0 Å². The molecule has 1 heterocycles. The second kappa shape index (κ2) is 7.34. The molecule has 2 aromatic rings. The molecule has 2 aromatic carbocycles. The van der Waals surface area contributed by atoms with Crippen molar-refractivity contribution in [3.63, 3.8) is 0 Å². The molecule has 3 rings (SSSR count). The van der Waals surface area contributed by atoms with E-state index in [0.29, 0.717) is 23.5 Å². The number of nitrogens with zero attached hydrogens (tertiary/aromatic N) is 2. The number of ether oxygens (including phenoxy) is 1. The fourth-order valence-electron chi connectivity index (χ4n) is 2.69. The van der Waals surface area contributed by atoms with Crippen molar-refractivity contribution in [2.75, 3.05) is 13.1 Å². The molecule has 2 atom stereocenters. The van der Waals surface area contributed by atoms with Crippen LogP contribution in [0.2, 0.25) is 0 Å². The van der Waals surface area contributed by atoms with Crippen molar-refractivity contribution in [2.24, 2.45) is 0 Å². The number of nitriles is 1. The number of carbonyl (C=O) groups is 1. The Kier molecular flexibility index (Phi) is 4.98. The second-order valence-electron chi connectivity index (χ2n) is 5.95. The Bertz CT molecular complexity index is 771. The van der Waals surface area contributed by atoms with Crippen LogP contribution in [-0.2, 0) is 6.42 Å². The number of rotatable bonds is 4. The number of carbonyl (C=O) groups excluding carboxylic acids is 1. The van der Waals surface area contributed by atoms with E-state index in [2.05, 4.69) is 6.07 Å². The van der Waals surface area contributed by atoms with Crippen molar-refractivity contribution in [3.8, 4) is 17.6 Å². The monoisotopic (exact) mass is 338 g/mol. The van der Waals surface area contributed by atoms with Gasteiger partial charge in [0.25, 0.3) is 5.91 Å². The molecule has 0 radical (unpaired) electrons. The first-order valence-electron chi connectivity index (χ1n) is 7.96. The first kappa shape index (κ1) is 17.0. The van der Waals surface area contributed by atoms with E-state index in [4.69, 9.17) is 10.00 Å². The van der Waals surface area contributed by atoms with Gasteiger partial charge >= 0.3 is 0 Å². The Morgan fingerprint density at radius 1 is 1.04 bits per heavy atom. The van der Waals surface area contributed by atoms with Crippen LogP contribution in [0.15, 0.2) is 48.5 Å². The summed E-state index contributed by atoms with van der Waals surface area (Å²) in [5.74, 6) is 1.00. The summed E-state index contributed by atoms with van der Waals surface area (Å²) in [6.45, 7) is 0.264. The Balaban J connectivity index is 1.64. The number of aliphatic hydroxyl groups excluding tert-OH is 2. The molecule has 1 aliphatic rings. The summed E-state index contributed by atoms with van der Waals surface area (Å²) < 4.78 is 5.72. The molecule has 0 aliphatic carbocycles. The maximum atomic E-state index is 12.3. The standard InChI is InChI=1S/C19H18N2O4/c20-10-9-13-1-5-15(6-2-13)25-16-7-3-14(4-8-16)19(24)21-11-17(22)18(23)12-21/h1-8,17-18,22-23H,9,11-12H2/t17-,18-/m0/s1. The van der Waals surface area contributed by atoms with Gasteiger partial charge in [0, 0.05) is 18.7 Å². The van der Waals surface area contributed by atoms with E-state index in [-0.39, 0.29) is 19.0 Å². The van der Waals surface area contributed by atoms with Gasteiger partial charge in [-0.25, -0.2) is 0 Å². The van der Waals surface area contributed by atoms with Crippen molar-refractivity contribution in [2.45, 2.75) is 18.6 Å². The quantitative estimate of drug-likeness (QED) is 0.885. The molecule has 1 aliphatic heterocycles. The topological polar surface area (TPSA) is 93.8 Å². The minimum absolute atomic E-state index is 0.132. The van der Waals surface area contributed by atoms with Crippen LogP contribution >= 0.6 is 0 Å². The van der Waals surface area contributed by atoms with Crippen LogP contribution in [0.1, 0.15) is 15.9 Å². The van der Waals surface area contributed by atoms with Gasteiger partial charge in [0.05, 0.1) is 24.7 Å². The van der Waals surface area contributed by atoms with Crippen LogP contribution in [0, 0.1) is 11.3 Å². The fourth-order valence-corrected chi connectivity index (χ4v) is 2.69. The van der Waals surface area contributed by atoms with Crippen molar-refractivity contribution in [1.82, 2.24) is 4.90 Å². The smallest absolute Gasteiger partial charge is 0.254 e. The first-order chi connectivity index (χ1) is 12.1. The minimum Gasteiger partial charge on any atom is -0.457 e. The molecule has 0 unspecified atom stereocenters. The maximum absolute atomic E-state index is 12.3. The van der Waals surface area contributed by atoms with Crippen molar-refractivity contribution in [3.05, 3.63) is 59.7 Å². The third-order valence-electron chi connectivity index (χ3n) is 4.09. The van der Waals surface area contributed by atoms with Gasteiger partial charge in [-0.1, -0.05) is 12.1 Å². The molecule has 6 nitrogen and oxygen atoms in total. The van der Waals surface area contributed by atoms with Crippen LogP contribution in [0.4, 0.5) is 0 Å². The zero-order valence-electron chi connectivity index (χ0n) is 13.5. The number of aliphatic hydroxyl groups is 2. The lowest BCUT2D eigenvalue weighted by Crippen LogP contribution is -2.29. The maximum Gasteiger partial charge on any atom is 0.254 e. The normalized spacial score (nSPS) is 19.5. The molecule has 0 saturated carbocycles. The Labute approximate surface area is 145 Å².